The van der Waals surface area contributed by atoms with Crippen molar-refractivity contribution in [3.05, 3.63) is 46.3 Å². The molecule has 0 saturated heterocycles. The fraction of sp³-hybridized carbons (Fsp3) is 0.400. The Labute approximate surface area is 176 Å². The van der Waals surface area contributed by atoms with Crippen LogP contribution in [0.1, 0.15) is 43.9 Å². The molecule has 0 unspecified atom stereocenters. The molecule has 8 heteroatoms. The molecule has 2 aromatic rings. The van der Waals surface area contributed by atoms with Crippen LogP contribution < -0.4 is 4.90 Å². The minimum absolute atomic E-state index is 0.0147. The van der Waals surface area contributed by atoms with Crippen molar-refractivity contribution >= 4 is 51.3 Å². The van der Waals surface area contributed by atoms with Crippen LogP contribution in [0.3, 0.4) is 0 Å². The highest BCUT2D eigenvalue weighted by molar-refractivity contribution is 8.01. The predicted octanol–water partition coefficient (Wildman–Crippen LogP) is 5.04. The van der Waals surface area contributed by atoms with Gasteiger partial charge in [0.1, 0.15) is 0 Å². The van der Waals surface area contributed by atoms with Crippen LogP contribution in [-0.4, -0.2) is 27.6 Å². The Morgan fingerprint density at radius 3 is 2.89 bits per heavy atom. The molecule has 0 saturated carbocycles. The number of allylic oxidation sites excluding steroid dienone is 2. The van der Waals surface area contributed by atoms with Gasteiger partial charge in [-0.1, -0.05) is 49.1 Å². The summed E-state index contributed by atoms with van der Waals surface area (Å²) < 4.78 is 0.798. The van der Waals surface area contributed by atoms with Gasteiger partial charge in [0.2, 0.25) is 11.0 Å². The molecule has 146 valence electrons. The van der Waals surface area contributed by atoms with Crippen LogP contribution in [0.5, 0.6) is 0 Å². The summed E-state index contributed by atoms with van der Waals surface area (Å²) in [7, 11) is 0. The smallest absolute Gasteiger partial charge is 0.234 e. The monoisotopic (exact) mass is 431 g/mol. The number of amides is 1. The van der Waals surface area contributed by atoms with Crippen LogP contribution in [0, 0.1) is 5.41 Å². The average molecular weight is 432 g/mol. The average Bonchev–Trinajstić information content (AvgIpc) is 3.30. The van der Waals surface area contributed by atoms with E-state index in [2.05, 4.69) is 30.6 Å². The van der Waals surface area contributed by atoms with Crippen LogP contribution in [0.4, 0.5) is 5.13 Å². The first kappa shape index (κ1) is 19.5. The quantitative estimate of drug-likeness (QED) is 0.377. The number of aromatic nitrogens is 2. The van der Waals surface area contributed by atoms with E-state index >= 15 is 0 Å². The van der Waals surface area contributed by atoms with E-state index in [0.717, 1.165) is 26.2 Å². The van der Waals surface area contributed by atoms with Gasteiger partial charge >= 0.3 is 0 Å². The number of rotatable bonds is 5. The van der Waals surface area contributed by atoms with Crippen molar-refractivity contribution in [2.24, 2.45) is 5.41 Å². The molecular weight excluding hydrogens is 410 g/mol. The van der Waals surface area contributed by atoms with Crippen LogP contribution in [-0.2, 0) is 9.59 Å². The SMILES string of the molecule is C=CCSc1nnc(N2C(=O)C[C@H](c3cccs3)C3=C2CC(C)(C)CC3=O)s1. The van der Waals surface area contributed by atoms with E-state index in [1.54, 1.807) is 28.0 Å². The van der Waals surface area contributed by atoms with Crippen molar-refractivity contribution in [1.82, 2.24) is 10.2 Å². The number of carbonyl (C=O) groups excluding carboxylic acids is 2. The van der Waals surface area contributed by atoms with E-state index in [-0.39, 0.29) is 23.0 Å². The standard InChI is InChI=1S/C20H21N3O2S3/c1-4-7-27-19-22-21-18(28-19)23-13-10-20(2,3)11-14(24)17(13)12(9-16(23)25)15-6-5-8-26-15/h4-6,8,12H,1,7,9-11H2,2-3H3/t12-/m1/s1. The lowest BCUT2D eigenvalue weighted by Crippen LogP contribution is -2.43. The summed E-state index contributed by atoms with van der Waals surface area (Å²) in [6.07, 6.45) is 3.29. The van der Waals surface area contributed by atoms with E-state index < -0.39 is 0 Å². The molecule has 0 fully saturated rings. The molecule has 1 aliphatic carbocycles. The molecule has 1 amide bonds. The molecule has 2 aliphatic rings. The normalized spacial score (nSPS) is 21.8. The molecule has 1 atom stereocenters. The molecule has 2 aromatic heterocycles. The van der Waals surface area contributed by atoms with E-state index in [4.69, 9.17) is 0 Å². The lowest BCUT2D eigenvalue weighted by Gasteiger charge is -2.41. The minimum atomic E-state index is -0.184. The van der Waals surface area contributed by atoms with Crippen molar-refractivity contribution in [2.75, 3.05) is 10.7 Å². The first-order valence-corrected chi connectivity index (χ1v) is 11.8. The molecule has 0 N–H and O–H groups in total. The maximum atomic E-state index is 13.2. The van der Waals surface area contributed by atoms with Gasteiger partial charge in [-0.3, -0.25) is 14.5 Å². The number of carbonyl (C=O) groups is 2. The zero-order chi connectivity index (χ0) is 19.9. The topological polar surface area (TPSA) is 63.2 Å². The third-order valence-electron chi connectivity index (χ3n) is 4.94. The number of thiophene rings is 1. The Bertz CT molecular complexity index is 959. The van der Waals surface area contributed by atoms with Crippen LogP contribution in [0.15, 0.2) is 45.8 Å². The van der Waals surface area contributed by atoms with Crippen molar-refractivity contribution in [1.29, 1.82) is 0 Å². The molecule has 0 aromatic carbocycles. The number of nitrogens with zero attached hydrogens (tertiary/aromatic N) is 3. The summed E-state index contributed by atoms with van der Waals surface area (Å²) in [6, 6.07) is 3.99. The highest BCUT2D eigenvalue weighted by Gasteiger charge is 2.45. The maximum Gasteiger partial charge on any atom is 0.234 e. The van der Waals surface area contributed by atoms with Crippen LogP contribution >= 0.6 is 34.4 Å². The summed E-state index contributed by atoms with van der Waals surface area (Å²) >= 11 is 4.54. The Hall–Kier alpha value is -1.77. The number of hydrogen-bond donors (Lipinski definition) is 0. The summed E-state index contributed by atoms with van der Waals surface area (Å²) in [5.41, 5.74) is 1.42. The van der Waals surface area contributed by atoms with E-state index in [1.165, 1.54) is 11.3 Å². The van der Waals surface area contributed by atoms with Gasteiger partial charge < -0.3 is 0 Å². The largest absolute Gasteiger partial charge is 0.294 e. The van der Waals surface area contributed by atoms with Crippen molar-refractivity contribution in [3.8, 4) is 0 Å². The van der Waals surface area contributed by atoms with Crippen molar-refractivity contribution in [2.45, 2.75) is 43.4 Å². The molecule has 4 rings (SSSR count). The second-order valence-electron chi connectivity index (χ2n) is 7.75. The molecule has 3 heterocycles. The van der Waals surface area contributed by atoms with E-state index in [1.807, 2.05) is 23.6 Å². The van der Waals surface area contributed by atoms with Gasteiger partial charge in [0, 0.05) is 40.7 Å². The Kier molecular flexibility index (Phi) is 5.28. The van der Waals surface area contributed by atoms with Crippen LogP contribution in [0.2, 0.25) is 0 Å². The number of Topliss-reactive ketones (excluding diaryl/α,β-unsaturated/α-hetero) is 1. The number of ketones is 1. The Morgan fingerprint density at radius 1 is 1.36 bits per heavy atom. The number of thioether (sulfide) groups is 1. The number of hydrogen-bond acceptors (Lipinski definition) is 7. The fourth-order valence-corrected chi connectivity index (χ4v) is 6.33. The lowest BCUT2D eigenvalue weighted by atomic mass is 9.70. The van der Waals surface area contributed by atoms with Gasteiger partial charge in [-0.2, -0.15) is 0 Å². The molecular formula is C20H21N3O2S3. The predicted molar refractivity (Wildman–Crippen MR) is 115 cm³/mol. The van der Waals surface area contributed by atoms with Gasteiger partial charge in [0.25, 0.3) is 0 Å². The zero-order valence-electron chi connectivity index (χ0n) is 15.8. The first-order chi connectivity index (χ1) is 13.4. The molecule has 0 radical (unpaired) electrons. The second kappa shape index (κ2) is 7.57. The Balaban J connectivity index is 1.80. The molecule has 5 nitrogen and oxygen atoms in total. The van der Waals surface area contributed by atoms with Gasteiger partial charge in [0.15, 0.2) is 10.1 Å². The van der Waals surface area contributed by atoms with Gasteiger partial charge in [-0.15, -0.1) is 28.1 Å². The van der Waals surface area contributed by atoms with Gasteiger partial charge in [-0.05, 0) is 23.3 Å². The van der Waals surface area contributed by atoms with Crippen LogP contribution in [0.25, 0.3) is 0 Å². The highest BCUT2D eigenvalue weighted by Crippen LogP contribution is 2.49. The third-order valence-corrected chi connectivity index (χ3v) is 7.96. The zero-order valence-corrected chi connectivity index (χ0v) is 18.3. The summed E-state index contributed by atoms with van der Waals surface area (Å²) in [5.74, 6) is 0.722. The second-order valence-corrected chi connectivity index (χ2v) is 11.0. The molecule has 0 spiro atoms. The molecule has 0 bridgehead atoms. The first-order valence-electron chi connectivity index (χ1n) is 9.09. The van der Waals surface area contributed by atoms with E-state index in [9.17, 15) is 9.59 Å². The maximum absolute atomic E-state index is 13.2. The fourth-order valence-electron chi connectivity index (χ4n) is 3.85. The summed E-state index contributed by atoms with van der Waals surface area (Å²) in [6.45, 7) is 7.88. The highest BCUT2D eigenvalue weighted by atomic mass is 32.2. The summed E-state index contributed by atoms with van der Waals surface area (Å²) in [4.78, 5) is 29.1. The van der Waals surface area contributed by atoms with Gasteiger partial charge in [0.05, 0.1) is 0 Å². The van der Waals surface area contributed by atoms with E-state index in [0.29, 0.717) is 24.4 Å². The third kappa shape index (κ3) is 3.60. The molecule has 1 aliphatic heterocycles. The Morgan fingerprint density at radius 2 is 2.18 bits per heavy atom. The summed E-state index contributed by atoms with van der Waals surface area (Å²) in [5, 5.41) is 11.0. The number of anilines is 1. The lowest BCUT2D eigenvalue weighted by molar-refractivity contribution is -0.120. The molecule has 28 heavy (non-hydrogen) atoms. The van der Waals surface area contributed by atoms with Crippen molar-refractivity contribution < 1.29 is 9.59 Å². The van der Waals surface area contributed by atoms with Gasteiger partial charge in [-0.25, -0.2) is 0 Å². The van der Waals surface area contributed by atoms with Crippen molar-refractivity contribution in [3.63, 3.8) is 0 Å². The minimum Gasteiger partial charge on any atom is -0.294 e.